The van der Waals surface area contributed by atoms with Crippen LogP contribution in [0.25, 0.3) is 11.3 Å². The summed E-state index contributed by atoms with van der Waals surface area (Å²) in [7, 11) is 1.47. The molecule has 1 aliphatic rings. The zero-order valence-electron chi connectivity index (χ0n) is 14.3. The Morgan fingerprint density at radius 2 is 2.28 bits per heavy atom. The zero-order valence-corrected chi connectivity index (χ0v) is 15.1. The molecular weight excluding hydrogens is 342 g/mol. The lowest BCUT2D eigenvalue weighted by atomic mass is 10.1. The molecule has 0 spiro atoms. The first kappa shape index (κ1) is 17.4. The summed E-state index contributed by atoms with van der Waals surface area (Å²) in [6, 6.07) is 5.66. The van der Waals surface area contributed by atoms with Crippen molar-refractivity contribution in [3.8, 4) is 17.0 Å². The number of likely N-dealkylation sites (N-methyl/N-ethyl adjacent to an activating group) is 1. The topological polar surface area (TPSA) is 80.8 Å². The number of thiazole rings is 1. The lowest BCUT2D eigenvalue weighted by Crippen LogP contribution is -2.38. The number of rotatable bonds is 5. The second-order valence-corrected chi connectivity index (χ2v) is 6.72. The van der Waals surface area contributed by atoms with Gasteiger partial charge in [0, 0.05) is 24.1 Å². The third-order valence-electron chi connectivity index (χ3n) is 3.81. The van der Waals surface area contributed by atoms with E-state index >= 15 is 0 Å². The first-order valence-electron chi connectivity index (χ1n) is 7.87. The molecule has 1 N–H and O–H groups in total. The number of anilines is 2. The van der Waals surface area contributed by atoms with Crippen LogP contribution in [0.1, 0.15) is 11.8 Å². The summed E-state index contributed by atoms with van der Waals surface area (Å²) in [4.78, 5) is 30.8. The Kier molecular flexibility index (Phi) is 5.00. The van der Waals surface area contributed by atoms with Crippen molar-refractivity contribution in [1.82, 2.24) is 4.98 Å². The van der Waals surface area contributed by atoms with Crippen molar-refractivity contribution < 1.29 is 19.1 Å². The highest BCUT2D eigenvalue weighted by Gasteiger charge is 2.25. The molecule has 0 radical (unpaired) electrons. The van der Waals surface area contributed by atoms with Crippen LogP contribution in [0.2, 0.25) is 0 Å². The summed E-state index contributed by atoms with van der Waals surface area (Å²) < 4.78 is 10.3. The Morgan fingerprint density at radius 3 is 3.00 bits per heavy atom. The highest BCUT2D eigenvalue weighted by Crippen LogP contribution is 2.38. The van der Waals surface area contributed by atoms with Crippen LogP contribution in [-0.2, 0) is 14.3 Å². The van der Waals surface area contributed by atoms with Gasteiger partial charge in [-0.1, -0.05) is 0 Å². The van der Waals surface area contributed by atoms with E-state index in [-0.39, 0.29) is 25.0 Å². The van der Waals surface area contributed by atoms with E-state index in [1.165, 1.54) is 18.4 Å². The van der Waals surface area contributed by atoms with E-state index in [9.17, 15) is 9.59 Å². The Hall–Kier alpha value is -2.45. The van der Waals surface area contributed by atoms with Crippen LogP contribution in [-0.4, -0.2) is 43.7 Å². The van der Waals surface area contributed by atoms with Crippen molar-refractivity contribution >= 4 is 34.0 Å². The van der Waals surface area contributed by atoms with Crippen LogP contribution in [0.4, 0.5) is 10.8 Å². The fraction of sp³-hybridized carbons (Fsp3) is 0.353. The molecule has 1 aliphatic heterocycles. The minimum Gasteiger partial charge on any atom is -0.482 e. The molecular formula is C17H19N3O4S. The van der Waals surface area contributed by atoms with Gasteiger partial charge in [0.25, 0.3) is 11.8 Å². The molecule has 2 amide bonds. The number of benzene rings is 1. The molecule has 0 bridgehead atoms. The highest BCUT2D eigenvalue weighted by molar-refractivity contribution is 7.16. The number of nitrogens with zero attached hydrogens (tertiary/aromatic N) is 2. The number of carbonyl (C=O) groups is 2. The molecule has 0 saturated carbocycles. The normalized spacial score (nSPS) is 13.4. The number of methoxy groups -OCH3 is 1. The van der Waals surface area contributed by atoms with E-state index < -0.39 is 0 Å². The summed E-state index contributed by atoms with van der Waals surface area (Å²) >= 11 is 1.40. The fourth-order valence-corrected chi connectivity index (χ4v) is 3.55. The molecule has 2 aromatic rings. The molecule has 132 valence electrons. The van der Waals surface area contributed by atoms with Gasteiger partial charge in [-0.2, -0.15) is 0 Å². The lowest BCUT2D eigenvalue weighted by Gasteiger charge is -2.28. The van der Waals surface area contributed by atoms with Crippen LogP contribution in [0, 0.1) is 6.92 Å². The second-order valence-electron chi connectivity index (χ2n) is 5.51. The Balaban J connectivity index is 1.92. The molecule has 0 atom stereocenters. The predicted molar refractivity (Wildman–Crippen MR) is 96.3 cm³/mol. The van der Waals surface area contributed by atoms with Gasteiger partial charge in [0.2, 0.25) is 0 Å². The molecule has 1 aromatic carbocycles. The molecule has 8 heteroatoms. The van der Waals surface area contributed by atoms with Gasteiger partial charge in [0.1, 0.15) is 12.4 Å². The third-order valence-corrected chi connectivity index (χ3v) is 4.70. The molecule has 0 saturated heterocycles. The average Bonchev–Trinajstić information content (AvgIpc) is 2.94. The number of aryl methyl sites for hydroxylation is 1. The van der Waals surface area contributed by atoms with Crippen molar-refractivity contribution in [3.05, 3.63) is 23.1 Å². The number of ether oxygens (including phenoxy) is 2. The first-order valence-corrected chi connectivity index (χ1v) is 8.69. The molecule has 1 aromatic heterocycles. The maximum absolute atomic E-state index is 12.0. The first-order chi connectivity index (χ1) is 12.0. The number of nitrogens with one attached hydrogen (secondary N) is 1. The lowest BCUT2D eigenvalue weighted by molar-refractivity contribution is -0.121. The summed E-state index contributed by atoms with van der Waals surface area (Å²) in [6.07, 6.45) is 0. The average molecular weight is 361 g/mol. The fourth-order valence-electron chi connectivity index (χ4n) is 2.70. The number of fused-ring (bicyclic) bond motifs is 1. The molecule has 0 fully saturated rings. The van der Waals surface area contributed by atoms with Gasteiger partial charge in [-0.15, -0.1) is 11.3 Å². The number of amides is 2. The van der Waals surface area contributed by atoms with Crippen molar-refractivity contribution in [1.29, 1.82) is 0 Å². The molecule has 2 heterocycles. The SMILES string of the molecule is CCN1C(=O)COc2ccc(-c3nc(NC(=O)COC)sc3C)cc21. The monoisotopic (exact) mass is 361 g/mol. The summed E-state index contributed by atoms with van der Waals surface area (Å²) in [5, 5.41) is 3.24. The molecule has 3 rings (SSSR count). The van der Waals surface area contributed by atoms with E-state index in [4.69, 9.17) is 9.47 Å². The van der Waals surface area contributed by atoms with Gasteiger partial charge in [-0.3, -0.25) is 14.9 Å². The zero-order chi connectivity index (χ0) is 18.0. The van der Waals surface area contributed by atoms with Crippen LogP contribution in [0.3, 0.4) is 0 Å². The van der Waals surface area contributed by atoms with Crippen LogP contribution < -0.4 is 15.0 Å². The van der Waals surface area contributed by atoms with E-state index in [1.807, 2.05) is 32.0 Å². The number of hydrogen-bond acceptors (Lipinski definition) is 6. The molecule has 0 aliphatic carbocycles. The van der Waals surface area contributed by atoms with Crippen LogP contribution in [0.5, 0.6) is 5.75 Å². The Morgan fingerprint density at radius 1 is 1.48 bits per heavy atom. The van der Waals surface area contributed by atoms with Crippen molar-refractivity contribution in [2.75, 3.05) is 37.1 Å². The van der Waals surface area contributed by atoms with E-state index in [2.05, 4.69) is 10.3 Å². The van der Waals surface area contributed by atoms with Gasteiger partial charge in [0.15, 0.2) is 11.7 Å². The quantitative estimate of drug-likeness (QED) is 0.885. The summed E-state index contributed by atoms with van der Waals surface area (Å²) in [6.45, 7) is 4.49. The highest BCUT2D eigenvalue weighted by atomic mass is 32.1. The van der Waals surface area contributed by atoms with Gasteiger partial charge < -0.3 is 14.4 Å². The Labute approximate surface area is 149 Å². The van der Waals surface area contributed by atoms with Crippen molar-refractivity contribution in [3.63, 3.8) is 0 Å². The Bertz CT molecular complexity index is 818. The summed E-state index contributed by atoms with van der Waals surface area (Å²) in [5.41, 5.74) is 2.39. The molecule has 0 unspecified atom stereocenters. The van der Waals surface area contributed by atoms with Crippen LogP contribution >= 0.6 is 11.3 Å². The van der Waals surface area contributed by atoms with Crippen LogP contribution in [0.15, 0.2) is 18.2 Å². The maximum atomic E-state index is 12.0. The van der Waals surface area contributed by atoms with Crippen molar-refractivity contribution in [2.24, 2.45) is 0 Å². The van der Waals surface area contributed by atoms with E-state index in [1.54, 1.807) is 4.90 Å². The van der Waals surface area contributed by atoms with Crippen molar-refractivity contribution in [2.45, 2.75) is 13.8 Å². The molecule has 25 heavy (non-hydrogen) atoms. The smallest absolute Gasteiger partial charge is 0.265 e. The second kappa shape index (κ2) is 7.20. The number of hydrogen-bond donors (Lipinski definition) is 1. The minimum absolute atomic E-state index is 0.0162. The summed E-state index contributed by atoms with van der Waals surface area (Å²) in [5.74, 6) is 0.380. The number of carbonyl (C=O) groups excluding carboxylic acids is 2. The standard InChI is InChI=1S/C17H19N3O4S/c1-4-20-12-7-11(5-6-13(12)24-9-15(20)22)16-10(2)25-17(19-16)18-14(21)8-23-3/h5-7H,4,8-9H2,1-3H3,(H,18,19,21). The largest absolute Gasteiger partial charge is 0.482 e. The van der Waals surface area contributed by atoms with Gasteiger partial charge in [-0.25, -0.2) is 4.98 Å². The van der Waals surface area contributed by atoms with Gasteiger partial charge >= 0.3 is 0 Å². The van der Waals surface area contributed by atoms with Gasteiger partial charge in [-0.05, 0) is 32.0 Å². The third kappa shape index (κ3) is 3.49. The maximum Gasteiger partial charge on any atom is 0.265 e. The molecule has 7 nitrogen and oxygen atoms in total. The number of aromatic nitrogens is 1. The minimum atomic E-state index is -0.246. The predicted octanol–water partition coefficient (Wildman–Crippen LogP) is 2.45. The van der Waals surface area contributed by atoms with Gasteiger partial charge in [0.05, 0.1) is 11.4 Å². The van der Waals surface area contributed by atoms with E-state index in [0.29, 0.717) is 17.4 Å². The van der Waals surface area contributed by atoms with E-state index in [0.717, 1.165) is 21.8 Å².